The Morgan fingerprint density at radius 1 is 1.24 bits per heavy atom. The molecule has 2 aromatic rings. The van der Waals surface area contributed by atoms with Crippen LogP contribution < -0.4 is 4.74 Å². The van der Waals surface area contributed by atoms with E-state index in [1.165, 1.54) is 30.6 Å². The molecule has 0 fully saturated rings. The van der Waals surface area contributed by atoms with Gasteiger partial charge in [-0.25, -0.2) is 14.1 Å². The van der Waals surface area contributed by atoms with Gasteiger partial charge in [0.15, 0.2) is 0 Å². The van der Waals surface area contributed by atoms with Crippen molar-refractivity contribution >= 4 is 0 Å². The van der Waals surface area contributed by atoms with Crippen LogP contribution in [0.25, 0.3) is 0 Å². The van der Waals surface area contributed by atoms with Crippen molar-refractivity contribution in [2.45, 2.75) is 32.9 Å². The largest absolute Gasteiger partial charge is 0.490 e. The third kappa shape index (κ3) is 3.78. The first-order chi connectivity index (χ1) is 9.80. The van der Waals surface area contributed by atoms with E-state index < -0.39 is 11.0 Å². The van der Waals surface area contributed by atoms with Crippen LogP contribution >= 0.6 is 0 Å². The van der Waals surface area contributed by atoms with Crippen LogP contribution in [0.3, 0.4) is 0 Å². The van der Waals surface area contributed by atoms with Crippen LogP contribution in [0.4, 0.5) is 4.39 Å². The molecule has 0 saturated carbocycles. The minimum absolute atomic E-state index is 0.0714. The molecule has 2 rings (SSSR count). The molecule has 0 amide bonds. The summed E-state index contributed by atoms with van der Waals surface area (Å²) >= 11 is 0. The first-order valence-electron chi connectivity index (χ1n) is 6.73. The smallest absolute Gasteiger partial charge is 0.137 e. The Bertz CT molecular complexity index is 564. The van der Waals surface area contributed by atoms with E-state index in [2.05, 4.69) is 10.1 Å². The molecule has 1 N–H and O–H groups in total. The van der Waals surface area contributed by atoms with E-state index in [0.717, 1.165) is 0 Å². The van der Waals surface area contributed by atoms with Crippen molar-refractivity contribution in [1.82, 2.24) is 14.8 Å². The molecular weight excluding hydrogens is 273 g/mol. The second-order valence-electron chi connectivity index (χ2n) is 6.12. The van der Waals surface area contributed by atoms with E-state index in [1.54, 1.807) is 11.0 Å². The highest BCUT2D eigenvalue weighted by Crippen LogP contribution is 2.32. The molecule has 114 valence electrons. The van der Waals surface area contributed by atoms with Crippen molar-refractivity contribution < 1.29 is 14.2 Å². The van der Waals surface area contributed by atoms with Crippen LogP contribution in [0.5, 0.6) is 5.75 Å². The summed E-state index contributed by atoms with van der Waals surface area (Å²) in [5.41, 5.74) is -1.58. The topological polar surface area (TPSA) is 60.2 Å². The summed E-state index contributed by atoms with van der Waals surface area (Å²) < 4.78 is 20.1. The monoisotopic (exact) mass is 293 g/mol. The number of halogens is 1. The summed E-state index contributed by atoms with van der Waals surface area (Å²) in [6.07, 6.45) is 2.97. The standard InChI is InChI=1S/C15H20FN3O2/c1-14(2,3)15(20,8-19-11-17-10-18-19)9-21-13-6-4-12(16)5-7-13/h4-7,10-11,20H,8-9H2,1-3H3. The first-order valence-corrected chi connectivity index (χ1v) is 6.73. The van der Waals surface area contributed by atoms with Crippen LogP contribution in [0, 0.1) is 11.2 Å². The zero-order chi connectivity index (χ0) is 15.5. The predicted octanol–water partition coefficient (Wildman–Crippen LogP) is 2.27. The van der Waals surface area contributed by atoms with E-state index in [0.29, 0.717) is 5.75 Å². The fourth-order valence-electron chi connectivity index (χ4n) is 1.82. The molecule has 0 aliphatic heterocycles. The number of ether oxygens (including phenoxy) is 1. The van der Waals surface area contributed by atoms with Crippen LogP contribution in [0.1, 0.15) is 20.8 Å². The summed E-state index contributed by atoms with van der Waals surface area (Å²) in [5, 5.41) is 15.0. The molecule has 0 aliphatic carbocycles. The van der Waals surface area contributed by atoms with Crippen molar-refractivity contribution in [3.05, 3.63) is 42.7 Å². The minimum Gasteiger partial charge on any atom is -0.490 e. The van der Waals surface area contributed by atoms with Crippen LogP contribution in [-0.4, -0.2) is 32.1 Å². The molecule has 1 aromatic heterocycles. The Kier molecular flexibility index (Phi) is 4.27. The van der Waals surface area contributed by atoms with Gasteiger partial charge >= 0.3 is 0 Å². The van der Waals surface area contributed by atoms with Gasteiger partial charge in [0.1, 0.15) is 36.4 Å². The molecule has 1 atom stereocenters. The zero-order valence-corrected chi connectivity index (χ0v) is 12.5. The Balaban J connectivity index is 2.11. The zero-order valence-electron chi connectivity index (χ0n) is 12.5. The first kappa shape index (κ1) is 15.4. The number of rotatable bonds is 5. The number of aromatic nitrogens is 3. The molecule has 0 saturated heterocycles. The highest BCUT2D eigenvalue weighted by Gasteiger charge is 2.41. The Morgan fingerprint density at radius 3 is 2.43 bits per heavy atom. The van der Waals surface area contributed by atoms with Gasteiger partial charge in [0.25, 0.3) is 0 Å². The van der Waals surface area contributed by atoms with E-state index in [-0.39, 0.29) is 19.0 Å². The van der Waals surface area contributed by atoms with Crippen LogP contribution in [-0.2, 0) is 6.54 Å². The summed E-state index contributed by atoms with van der Waals surface area (Å²) in [4.78, 5) is 3.87. The van der Waals surface area contributed by atoms with Crippen molar-refractivity contribution in [3.63, 3.8) is 0 Å². The average molecular weight is 293 g/mol. The third-order valence-electron chi connectivity index (χ3n) is 3.58. The van der Waals surface area contributed by atoms with E-state index >= 15 is 0 Å². The van der Waals surface area contributed by atoms with E-state index in [9.17, 15) is 9.50 Å². The van der Waals surface area contributed by atoms with Crippen LogP contribution in [0.2, 0.25) is 0 Å². The third-order valence-corrected chi connectivity index (χ3v) is 3.58. The minimum atomic E-state index is -1.14. The normalized spacial score (nSPS) is 14.7. The maximum absolute atomic E-state index is 12.9. The number of aliphatic hydroxyl groups is 1. The fraction of sp³-hybridized carbons (Fsp3) is 0.467. The second kappa shape index (κ2) is 5.81. The van der Waals surface area contributed by atoms with Gasteiger partial charge in [-0.1, -0.05) is 20.8 Å². The molecule has 1 heterocycles. The molecule has 21 heavy (non-hydrogen) atoms. The number of nitrogens with zero attached hydrogens (tertiary/aromatic N) is 3. The molecule has 0 bridgehead atoms. The van der Waals surface area contributed by atoms with Gasteiger partial charge in [0, 0.05) is 0 Å². The molecule has 6 heteroatoms. The van der Waals surface area contributed by atoms with Crippen molar-refractivity contribution in [3.8, 4) is 5.75 Å². The molecule has 1 aromatic carbocycles. The number of benzene rings is 1. The lowest BCUT2D eigenvalue weighted by atomic mass is 9.77. The Morgan fingerprint density at radius 2 is 1.90 bits per heavy atom. The van der Waals surface area contributed by atoms with Crippen LogP contribution in [0.15, 0.2) is 36.9 Å². The van der Waals surface area contributed by atoms with Gasteiger partial charge in [-0.3, -0.25) is 0 Å². The fourth-order valence-corrected chi connectivity index (χ4v) is 1.82. The van der Waals surface area contributed by atoms with Gasteiger partial charge in [0.05, 0.1) is 6.54 Å². The Labute approximate surface area is 123 Å². The molecule has 5 nitrogen and oxygen atoms in total. The molecule has 0 spiro atoms. The summed E-state index contributed by atoms with van der Waals surface area (Å²) in [5.74, 6) is 0.189. The maximum atomic E-state index is 12.9. The lowest BCUT2D eigenvalue weighted by molar-refractivity contribution is -0.101. The maximum Gasteiger partial charge on any atom is 0.137 e. The lowest BCUT2D eigenvalue weighted by Crippen LogP contribution is -2.51. The SMILES string of the molecule is CC(C)(C)C(O)(COc1ccc(F)cc1)Cn1cncn1. The number of hydrogen-bond donors (Lipinski definition) is 1. The van der Waals surface area contributed by atoms with Gasteiger partial charge in [0.2, 0.25) is 0 Å². The van der Waals surface area contributed by atoms with Crippen molar-refractivity contribution in [2.75, 3.05) is 6.61 Å². The molecule has 1 unspecified atom stereocenters. The number of hydrogen-bond acceptors (Lipinski definition) is 4. The quantitative estimate of drug-likeness (QED) is 0.918. The predicted molar refractivity (Wildman–Crippen MR) is 76.3 cm³/mol. The second-order valence-corrected chi connectivity index (χ2v) is 6.12. The van der Waals surface area contributed by atoms with Crippen molar-refractivity contribution in [1.29, 1.82) is 0 Å². The summed E-state index contributed by atoms with van der Waals surface area (Å²) in [6, 6.07) is 5.72. The van der Waals surface area contributed by atoms with Gasteiger partial charge < -0.3 is 9.84 Å². The highest BCUT2D eigenvalue weighted by molar-refractivity contribution is 5.22. The summed E-state index contributed by atoms with van der Waals surface area (Å²) in [7, 11) is 0. The highest BCUT2D eigenvalue weighted by atomic mass is 19.1. The van der Waals surface area contributed by atoms with E-state index in [4.69, 9.17) is 4.74 Å². The molecular formula is C15H20FN3O2. The molecule has 0 aliphatic rings. The average Bonchev–Trinajstić information content (AvgIpc) is 2.89. The summed E-state index contributed by atoms with van der Waals surface area (Å²) in [6.45, 7) is 6.12. The lowest BCUT2D eigenvalue weighted by Gasteiger charge is -2.39. The van der Waals surface area contributed by atoms with Gasteiger partial charge in [-0.05, 0) is 29.7 Å². The van der Waals surface area contributed by atoms with E-state index in [1.807, 2.05) is 20.8 Å². The van der Waals surface area contributed by atoms with Crippen molar-refractivity contribution in [2.24, 2.45) is 5.41 Å². The van der Waals surface area contributed by atoms with Gasteiger partial charge in [-0.15, -0.1) is 0 Å². The van der Waals surface area contributed by atoms with Gasteiger partial charge in [-0.2, -0.15) is 5.10 Å². The molecule has 0 radical (unpaired) electrons. The Hall–Kier alpha value is -1.95.